The molecule has 2 aromatic carbocycles. The molecule has 1 fully saturated rings. The molecule has 1 aliphatic heterocycles. The van der Waals surface area contributed by atoms with Crippen LogP contribution in [0.5, 0.6) is 0 Å². The molecule has 0 radical (unpaired) electrons. The number of amides is 4. The normalized spacial score (nSPS) is 15.9. The van der Waals surface area contributed by atoms with Crippen LogP contribution in [0, 0.1) is 5.92 Å². The van der Waals surface area contributed by atoms with Gasteiger partial charge in [0, 0.05) is 6.54 Å². The van der Waals surface area contributed by atoms with E-state index in [0.29, 0.717) is 0 Å². The third kappa shape index (κ3) is 5.72. The van der Waals surface area contributed by atoms with E-state index in [0.717, 1.165) is 16.0 Å². The van der Waals surface area contributed by atoms with Crippen LogP contribution in [-0.2, 0) is 32.3 Å². The van der Waals surface area contributed by atoms with E-state index in [2.05, 4.69) is 5.32 Å². The van der Waals surface area contributed by atoms with Crippen molar-refractivity contribution in [2.75, 3.05) is 13.1 Å². The second-order valence-electron chi connectivity index (χ2n) is 7.93. The minimum atomic E-state index is -0.647. The Morgan fingerprint density at radius 2 is 1.56 bits per heavy atom. The molecule has 0 aliphatic carbocycles. The Hall–Kier alpha value is -3.68. The first-order valence-corrected chi connectivity index (χ1v) is 10.5. The Labute approximate surface area is 187 Å². The monoisotopic (exact) mass is 437 g/mol. The molecule has 8 nitrogen and oxygen atoms in total. The van der Waals surface area contributed by atoms with Gasteiger partial charge in [-0.25, -0.2) is 4.79 Å². The van der Waals surface area contributed by atoms with Crippen molar-refractivity contribution in [3.05, 3.63) is 71.8 Å². The van der Waals surface area contributed by atoms with Crippen molar-refractivity contribution in [1.29, 1.82) is 0 Å². The maximum absolute atomic E-state index is 12.9. The number of carbonyl (C=O) groups excluding carboxylic acids is 4. The largest absolute Gasteiger partial charge is 0.460 e. The molecule has 2 aromatic rings. The second kappa shape index (κ2) is 10.6. The average molecular weight is 437 g/mol. The van der Waals surface area contributed by atoms with Gasteiger partial charge in [0.1, 0.15) is 25.7 Å². The average Bonchev–Trinajstić information content (AvgIpc) is 3.02. The fourth-order valence-corrected chi connectivity index (χ4v) is 3.56. The van der Waals surface area contributed by atoms with Gasteiger partial charge in [0.15, 0.2) is 0 Å². The summed E-state index contributed by atoms with van der Waals surface area (Å²) in [5.74, 6) is -1.74. The van der Waals surface area contributed by atoms with Crippen LogP contribution >= 0.6 is 0 Å². The standard InChI is InChI=1S/C24H27N3O5/c1-17(2)22-23(30)27(24(31)26(22)14-18-9-5-3-6-10-18)15-20(28)25-13-21(29)32-16-19-11-7-4-8-12-19/h3-12,17,22H,13-16H2,1-2H3,(H,25,28). The Balaban J connectivity index is 1.54. The number of nitrogens with one attached hydrogen (secondary N) is 1. The number of rotatable bonds is 9. The van der Waals surface area contributed by atoms with Crippen LogP contribution < -0.4 is 5.32 Å². The molecule has 1 unspecified atom stereocenters. The molecular formula is C24H27N3O5. The molecule has 0 saturated carbocycles. The number of nitrogens with zero attached hydrogens (tertiary/aromatic N) is 2. The molecule has 168 valence electrons. The lowest BCUT2D eigenvalue weighted by atomic mass is 10.0. The predicted octanol–water partition coefficient (Wildman–Crippen LogP) is 2.33. The molecule has 1 heterocycles. The summed E-state index contributed by atoms with van der Waals surface area (Å²) in [6, 6.07) is 17.4. The highest BCUT2D eigenvalue weighted by molar-refractivity contribution is 6.06. The highest BCUT2D eigenvalue weighted by Gasteiger charge is 2.46. The number of imide groups is 1. The molecular weight excluding hydrogens is 410 g/mol. The lowest BCUT2D eigenvalue weighted by Gasteiger charge is -2.24. The van der Waals surface area contributed by atoms with Gasteiger partial charge in [-0.15, -0.1) is 0 Å². The van der Waals surface area contributed by atoms with Gasteiger partial charge in [0.05, 0.1) is 0 Å². The van der Waals surface area contributed by atoms with E-state index < -0.39 is 36.4 Å². The fourth-order valence-electron chi connectivity index (χ4n) is 3.56. The number of esters is 1. The van der Waals surface area contributed by atoms with Crippen molar-refractivity contribution >= 4 is 23.8 Å². The van der Waals surface area contributed by atoms with Crippen molar-refractivity contribution < 1.29 is 23.9 Å². The molecule has 32 heavy (non-hydrogen) atoms. The third-order valence-corrected chi connectivity index (χ3v) is 5.13. The summed E-state index contributed by atoms with van der Waals surface area (Å²) in [5.41, 5.74) is 1.73. The summed E-state index contributed by atoms with van der Waals surface area (Å²) in [5, 5.41) is 2.42. The van der Waals surface area contributed by atoms with Crippen molar-refractivity contribution in [1.82, 2.24) is 15.1 Å². The number of hydrogen-bond acceptors (Lipinski definition) is 5. The summed E-state index contributed by atoms with van der Waals surface area (Å²) in [6.45, 7) is 3.31. The van der Waals surface area contributed by atoms with Crippen LogP contribution in [0.15, 0.2) is 60.7 Å². The van der Waals surface area contributed by atoms with Gasteiger partial charge in [-0.1, -0.05) is 74.5 Å². The van der Waals surface area contributed by atoms with Crippen LogP contribution in [0.25, 0.3) is 0 Å². The molecule has 0 spiro atoms. The zero-order valence-corrected chi connectivity index (χ0v) is 18.2. The first kappa shape index (κ1) is 23.0. The van der Waals surface area contributed by atoms with Gasteiger partial charge >= 0.3 is 12.0 Å². The maximum atomic E-state index is 12.9. The second-order valence-corrected chi connectivity index (χ2v) is 7.93. The Kier molecular flexibility index (Phi) is 7.59. The molecule has 4 amide bonds. The van der Waals surface area contributed by atoms with Crippen molar-refractivity contribution in [3.8, 4) is 0 Å². The van der Waals surface area contributed by atoms with E-state index in [1.165, 1.54) is 4.90 Å². The zero-order valence-electron chi connectivity index (χ0n) is 18.2. The van der Waals surface area contributed by atoms with Gasteiger partial charge in [-0.2, -0.15) is 0 Å². The topological polar surface area (TPSA) is 96.0 Å². The van der Waals surface area contributed by atoms with Crippen LogP contribution in [0.4, 0.5) is 4.79 Å². The first-order valence-electron chi connectivity index (χ1n) is 10.5. The maximum Gasteiger partial charge on any atom is 0.328 e. The summed E-state index contributed by atoms with van der Waals surface area (Å²) in [6.07, 6.45) is 0. The van der Waals surface area contributed by atoms with Gasteiger partial charge in [0.25, 0.3) is 5.91 Å². The first-order chi connectivity index (χ1) is 15.4. The Morgan fingerprint density at radius 1 is 0.969 bits per heavy atom. The van der Waals surface area contributed by atoms with E-state index in [1.54, 1.807) is 0 Å². The van der Waals surface area contributed by atoms with Gasteiger partial charge in [-0.05, 0) is 17.0 Å². The van der Waals surface area contributed by atoms with Crippen LogP contribution in [0.1, 0.15) is 25.0 Å². The van der Waals surface area contributed by atoms with Gasteiger partial charge < -0.3 is 15.0 Å². The van der Waals surface area contributed by atoms with Crippen LogP contribution in [-0.4, -0.2) is 52.7 Å². The number of hydrogen-bond donors (Lipinski definition) is 1. The number of carbonyl (C=O) groups is 4. The number of urea groups is 1. The molecule has 0 bridgehead atoms. The molecule has 0 aromatic heterocycles. The highest BCUT2D eigenvalue weighted by atomic mass is 16.5. The fraction of sp³-hybridized carbons (Fsp3) is 0.333. The minimum Gasteiger partial charge on any atom is -0.460 e. The minimum absolute atomic E-state index is 0.100. The van der Waals surface area contributed by atoms with E-state index >= 15 is 0 Å². The van der Waals surface area contributed by atoms with E-state index in [-0.39, 0.29) is 25.6 Å². The smallest absolute Gasteiger partial charge is 0.328 e. The summed E-state index contributed by atoms with van der Waals surface area (Å²) < 4.78 is 5.11. The van der Waals surface area contributed by atoms with E-state index in [4.69, 9.17) is 4.74 Å². The SMILES string of the molecule is CC(C)C1C(=O)N(CC(=O)NCC(=O)OCc2ccccc2)C(=O)N1Cc1ccccc1. The summed E-state index contributed by atoms with van der Waals surface area (Å²) in [7, 11) is 0. The molecule has 3 rings (SSSR count). The van der Waals surface area contributed by atoms with Crippen molar-refractivity contribution in [2.45, 2.75) is 33.0 Å². The summed E-state index contributed by atoms with van der Waals surface area (Å²) in [4.78, 5) is 52.5. The van der Waals surface area contributed by atoms with E-state index in [1.807, 2.05) is 74.5 Å². The van der Waals surface area contributed by atoms with Crippen LogP contribution in [0.2, 0.25) is 0 Å². The molecule has 1 saturated heterocycles. The quantitative estimate of drug-likeness (QED) is 0.480. The Morgan fingerprint density at radius 3 is 2.16 bits per heavy atom. The van der Waals surface area contributed by atoms with Crippen LogP contribution in [0.3, 0.4) is 0 Å². The lowest BCUT2D eigenvalue weighted by molar-refractivity contribution is -0.145. The summed E-state index contributed by atoms with van der Waals surface area (Å²) >= 11 is 0. The number of benzene rings is 2. The zero-order chi connectivity index (χ0) is 23.1. The molecule has 1 aliphatic rings. The molecule has 1 N–H and O–H groups in total. The number of ether oxygens (including phenoxy) is 1. The molecule has 1 atom stereocenters. The highest BCUT2D eigenvalue weighted by Crippen LogP contribution is 2.25. The third-order valence-electron chi connectivity index (χ3n) is 5.13. The van der Waals surface area contributed by atoms with Crippen molar-refractivity contribution in [3.63, 3.8) is 0 Å². The predicted molar refractivity (Wildman–Crippen MR) is 117 cm³/mol. The molecule has 8 heteroatoms. The van der Waals surface area contributed by atoms with Gasteiger partial charge in [0.2, 0.25) is 5.91 Å². The van der Waals surface area contributed by atoms with Gasteiger partial charge in [-0.3, -0.25) is 19.3 Å². The lowest BCUT2D eigenvalue weighted by Crippen LogP contribution is -2.43. The van der Waals surface area contributed by atoms with Crippen molar-refractivity contribution in [2.24, 2.45) is 5.92 Å². The van der Waals surface area contributed by atoms with E-state index in [9.17, 15) is 19.2 Å². The Bertz CT molecular complexity index is 962.